The molecule has 5 nitrogen and oxygen atoms in total. The van der Waals surface area contributed by atoms with Crippen LogP contribution in [0.1, 0.15) is 88.5 Å². The number of aryl methyl sites for hydroxylation is 14. The third-order valence-corrected chi connectivity index (χ3v) is 20.4. The summed E-state index contributed by atoms with van der Waals surface area (Å²) in [5.74, 6) is 8.13. The van der Waals surface area contributed by atoms with Gasteiger partial charge in [-0.2, -0.15) is 16.4 Å². The molecule has 0 spiro atoms. The van der Waals surface area contributed by atoms with E-state index in [0.717, 1.165) is 17.1 Å². The van der Waals surface area contributed by atoms with Crippen LogP contribution >= 0.6 is 37.7 Å². The smallest absolute Gasteiger partial charge is 0.103 e. The Hall–Kier alpha value is -7.11. The number of aromatic nitrogens is 3. The van der Waals surface area contributed by atoms with E-state index < -0.39 is 0 Å². The predicted octanol–water partition coefficient (Wildman–Crippen LogP) is 22.7. The minimum Gasteiger partial charge on any atom is -0.472 e. The van der Waals surface area contributed by atoms with Gasteiger partial charge in [0.2, 0.25) is 0 Å². The zero-order chi connectivity index (χ0) is 58.1. The second kappa shape index (κ2) is 32.8. The van der Waals surface area contributed by atoms with Crippen LogP contribution in [0.3, 0.4) is 0 Å². The lowest BCUT2D eigenvalue weighted by molar-refractivity contribution is 0.532. The maximum Gasteiger partial charge on any atom is 0.103 e. The van der Waals surface area contributed by atoms with E-state index in [4.69, 9.17) is 8.83 Å². The second-order valence-electron chi connectivity index (χ2n) is 19.9. The molecule has 12 aromatic rings. The summed E-state index contributed by atoms with van der Waals surface area (Å²) >= 11 is 3.57. The Kier molecular flexibility index (Phi) is 26.2. The van der Waals surface area contributed by atoms with Gasteiger partial charge in [0.15, 0.2) is 0 Å². The maximum absolute atomic E-state index is 4.96. The molecule has 0 aliphatic carbocycles. The van der Waals surface area contributed by atoms with Gasteiger partial charge in [-0.1, -0.05) is 118 Å². The van der Waals surface area contributed by atoms with Crippen molar-refractivity contribution >= 4 is 37.7 Å². The van der Waals surface area contributed by atoms with E-state index >= 15 is 0 Å². The minimum absolute atomic E-state index is 0.142. The quantitative estimate of drug-likeness (QED) is 0.176. The number of para-hydroxylation sites is 2. The molecule has 416 valence electrons. The lowest BCUT2D eigenvalue weighted by atomic mass is 10.2. The Balaban J connectivity index is 0.000000171. The predicted molar refractivity (Wildman–Crippen MR) is 352 cm³/mol. The summed E-state index contributed by atoms with van der Waals surface area (Å²) in [5.41, 5.74) is 19.5. The molecule has 0 radical (unpaired) electrons. The van der Waals surface area contributed by atoms with Crippen molar-refractivity contribution in [1.29, 1.82) is 0 Å². The van der Waals surface area contributed by atoms with Crippen molar-refractivity contribution in [2.24, 2.45) is 0 Å². The van der Waals surface area contributed by atoms with Gasteiger partial charge in [-0.05, 0) is 264 Å². The fourth-order valence-electron chi connectivity index (χ4n) is 7.37. The molecule has 0 bridgehead atoms. The van der Waals surface area contributed by atoms with Gasteiger partial charge in [-0.15, -0.1) is 11.3 Å². The first kappa shape index (κ1) is 63.7. The van der Waals surface area contributed by atoms with Gasteiger partial charge in [-0.3, -0.25) is 0 Å². The highest BCUT2D eigenvalue weighted by atomic mass is 32.1. The SMILES string of the molecule is Cc1ccn(-c2ccccc2)c1C.Cc1ccoc1C.Cc1ccp(-c2ccccc2)c1C.Cc1ccsc1C.Cc1cn(-c2ccccc2)nc1C.Cc1cocc1C.Cc1cp(-c2ccccc2)cc1C.Cc1cscc1C. The van der Waals surface area contributed by atoms with Crippen molar-refractivity contribution in [2.75, 3.05) is 0 Å². The molecule has 1 atom stereocenters. The average Bonchev–Trinajstić information content (AvgIpc) is 4.40. The van der Waals surface area contributed by atoms with Crippen molar-refractivity contribution in [1.82, 2.24) is 14.3 Å². The Morgan fingerprint density at radius 3 is 1.31 bits per heavy atom. The average molecular weight is 1140 g/mol. The van der Waals surface area contributed by atoms with Crippen molar-refractivity contribution in [3.05, 3.63) is 299 Å². The number of benzene rings is 4. The van der Waals surface area contributed by atoms with Gasteiger partial charge in [0.25, 0.3) is 0 Å². The molecule has 0 fully saturated rings. The molecule has 8 heterocycles. The van der Waals surface area contributed by atoms with E-state index in [-0.39, 0.29) is 15.1 Å². The third kappa shape index (κ3) is 20.2. The van der Waals surface area contributed by atoms with Crippen LogP contribution in [0.2, 0.25) is 0 Å². The molecule has 80 heavy (non-hydrogen) atoms. The molecule has 0 amide bonds. The molecule has 1 unspecified atom stereocenters. The van der Waals surface area contributed by atoms with Crippen molar-refractivity contribution in [3.8, 4) is 22.0 Å². The van der Waals surface area contributed by atoms with E-state index in [1.165, 1.54) is 88.1 Å². The Bertz CT molecular complexity index is 3200. The summed E-state index contributed by atoms with van der Waals surface area (Å²) in [7, 11) is -0.285. The van der Waals surface area contributed by atoms with Crippen LogP contribution in [-0.2, 0) is 0 Å². The van der Waals surface area contributed by atoms with Crippen LogP contribution in [0.15, 0.2) is 219 Å². The van der Waals surface area contributed by atoms with Crippen LogP contribution in [0.5, 0.6) is 0 Å². The molecule has 0 saturated heterocycles. The minimum atomic E-state index is -0.143. The highest BCUT2D eigenvalue weighted by Crippen LogP contribution is 2.44. The van der Waals surface area contributed by atoms with Crippen LogP contribution in [0.25, 0.3) is 22.0 Å². The molecular formula is C71H83N3O2P2S2. The number of hydrogen-bond donors (Lipinski definition) is 0. The van der Waals surface area contributed by atoms with Gasteiger partial charge in [0.1, 0.15) is 5.76 Å². The first-order valence-corrected chi connectivity index (χ1v) is 31.7. The molecule has 12 rings (SSSR count). The third-order valence-electron chi connectivity index (χ3n) is 13.8. The van der Waals surface area contributed by atoms with Crippen molar-refractivity contribution in [2.45, 2.75) is 111 Å². The summed E-state index contributed by atoms with van der Waals surface area (Å²) in [5, 5.41) is 15.3. The molecular weight excluding hydrogens is 1050 g/mol. The summed E-state index contributed by atoms with van der Waals surface area (Å²) in [4.78, 5) is 1.43. The molecule has 0 aliphatic rings. The van der Waals surface area contributed by atoms with Crippen LogP contribution in [-0.4, -0.2) is 14.3 Å². The first-order valence-electron chi connectivity index (χ1n) is 27.0. The molecule has 0 saturated carbocycles. The largest absolute Gasteiger partial charge is 0.472 e. The molecule has 4 aromatic carbocycles. The van der Waals surface area contributed by atoms with Crippen molar-refractivity contribution in [3.63, 3.8) is 0 Å². The number of nitrogens with zero attached hydrogens (tertiary/aromatic N) is 3. The van der Waals surface area contributed by atoms with E-state index in [9.17, 15) is 0 Å². The maximum atomic E-state index is 4.96. The molecule has 0 aliphatic heterocycles. The zero-order valence-corrected chi connectivity index (χ0v) is 53.5. The highest BCUT2D eigenvalue weighted by molar-refractivity contribution is 7.57. The lowest BCUT2D eigenvalue weighted by Gasteiger charge is -2.05. The van der Waals surface area contributed by atoms with E-state index in [1.807, 2.05) is 88.0 Å². The van der Waals surface area contributed by atoms with Gasteiger partial charge in [-0.25, -0.2) is 4.68 Å². The van der Waals surface area contributed by atoms with E-state index in [0.29, 0.717) is 0 Å². The van der Waals surface area contributed by atoms with Crippen LogP contribution in [0, 0.1) is 111 Å². The van der Waals surface area contributed by atoms with Gasteiger partial charge < -0.3 is 13.4 Å². The summed E-state index contributed by atoms with van der Waals surface area (Å²) < 4.78 is 13.9. The summed E-state index contributed by atoms with van der Waals surface area (Å²) in [6.07, 6.45) is 9.35. The number of furan rings is 2. The second-order valence-corrected chi connectivity index (χ2v) is 25.9. The normalized spacial score (nSPS) is 10.2. The fourth-order valence-corrected chi connectivity index (χ4v) is 13.2. The molecule has 8 aromatic heterocycles. The molecule has 9 heteroatoms. The fraction of sp³-hybridized carbons (Fsp3) is 0.225. The lowest BCUT2D eigenvalue weighted by Crippen LogP contribution is -1.94. The number of hydrogen-bond acceptors (Lipinski definition) is 5. The number of thiophene rings is 2. The van der Waals surface area contributed by atoms with Gasteiger partial charge >= 0.3 is 0 Å². The number of rotatable bonds is 4. The summed E-state index contributed by atoms with van der Waals surface area (Å²) in [6.45, 7) is 33.8. The monoisotopic (exact) mass is 1140 g/mol. The Morgan fingerprint density at radius 1 is 0.450 bits per heavy atom. The Morgan fingerprint density at radius 2 is 0.975 bits per heavy atom. The highest BCUT2D eigenvalue weighted by Gasteiger charge is 2.05. The van der Waals surface area contributed by atoms with Crippen LogP contribution in [0.4, 0.5) is 0 Å². The van der Waals surface area contributed by atoms with Crippen LogP contribution < -0.4 is 0 Å². The first-order chi connectivity index (χ1) is 38.3. The van der Waals surface area contributed by atoms with E-state index in [2.05, 4.69) is 229 Å². The standard InChI is InChI=1S/C12H13N.2C12H13P.C11H12N2.2C6H8O.2C6H8S/c1-10-8-9-13(11(10)2)12-6-4-3-5-7-12;1-10-8-13(9-11(10)2)12-6-4-3-5-7-12;1-10-8-9-13(11(10)2)12-6-4-3-5-7-12;1-9-8-13(12-10(9)2)11-6-4-3-5-7-11;1-5-3-7-4-6(5)2;1-5-3-4-7-6(5)2;1-5-3-7-4-6(5)2;1-5-3-4-7-6(5)2/h3*3-9H,1-2H3;3-8H,1-2H3;4*3-4H,1-2H3. The van der Waals surface area contributed by atoms with Gasteiger partial charge in [0, 0.05) is 28.7 Å². The van der Waals surface area contributed by atoms with E-state index in [1.54, 1.807) is 46.8 Å². The zero-order valence-electron chi connectivity index (χ0n) is 50.1. The van der Waals surface area contributed by atoms with Crippen molar-refractivity contribution < 1.29 is 8.83 Å². The Labute approximate surface area is 489 Å². The molecule has 0 N–H and O–H groups in total. The topological polar surface area (TPSA) is 49.0 Å². The van der Waals surface area contributed by atoms with Gasteiger partial charge in [0.05, 0.1) is 30.2 Å². The summed E-state index contributed by atoms with van der Waals surface area (Å²) in [6, 6.07) is 50.5.